The summed E-state index contributed by atoms with van der Waals surface area (Å²) in [5.41, 5.74) is 5.21. The van der Waals surface area contributed by atoms with E-state index in [0.717, 1.165) is 0 Å². The van der Waals surface area contributed by atoms with Gasteiger partial charge in [0.25, 0.3) is 0 Å². The first-order valence-corrected chi connectivity index (χ1v) is 6.64. The van der Waals surface area contributed by atoms with Crippen molar-refractivity contribution >= 4 is 33.7 Å². The maximum absolute atomic E-state index is 12.0. The fourth-order valence-electron chi connectivity index (χ4n) is 1.46. The molecule has 0 saturated heterocycles. The van der Waals surface area contributed by atoms with Gasteiger partial charge in [-0.2, -0.15) is 0 Å². The summed E-state index contributed by atoms with van der Waals surface area (Å²) in [6.45, 7) is 8.52. The molecule has 7 heteroatoms. The Hall–Kier alpha value is -1.37. The van der Waals surface area contributed by atoms with Gasteiger partial charge in [0.1, 0.15) is 12.1 Å². The van der Waals surface area contributed by atoms with Gasteiger partial charge in [0, 0.05) is 13.3 Å². The van der Waals surface area contributed by atoms with Gasteiger partial charge in [-0.3, -0.25) is 14.4 Å². The van der Waals surface area contributed by atoms with Gasteiger partial charge in [-0.25, -0.2) is 0 Å². The lowest BCUT2D eigenvalue weighted by molar-refractivity contribution is -0.131. The molecule has 0 aliphatic heterocycles. The van der Waals surface area contributed by atoms with Crippen LogP contribution in [-0.4, -0.2) is 29.8 Å². The minimum absolute atomic E-state index is 0.107. The van der Waals surface area contributed by atoms with Gasteiger partial charge < -0.3 is 16.4 Å². The molecule has 0 unspecified atom stereocenters. The Bertz CT molecular complexity index is 382. The summed E-state index contributed by atoms with van der Waals surface area (Å²) in [4.78, 5) is 34.3. The number of nitrogens with one attached hydrogen (secondary N) is 2. The molecule has 6 nitrogen and oxygen atoms in total. The molecule has 0 fully saturated rings. The number of primary amides is 1. The van der Waals surface area contributed by atoms with Crippen LogP contribution in [0.4, 0.5) is 0 Å². The summed E-state index contributed by atoms with van der Waals surface area (Å²) in [7, 11) is 0. The molecule has 108 valence electrons. The summed E-state index contributed by atoms with van der Waals surface area (Å²) in [5.74, 6) is -1.51. The molecule has 0 aromatic carbocycles. The summed E-state index contributed by atoms with van der Waals surface area (Å²) in [6.07, 6.45) is 0.200. The Morgan fingerprint density at radius 2 is 1.79 bits per heavy atom. The Kier molecular flexibility index (Phi) is 7.36. The molecule has 0 aromatic rings. The maximum Gasteiger partial charge on any atom is 0.243 e. The third-order valence-electron chi connectivity index (χ3n) is 2.39. The molecule has 0 spiro atoms. The van der Waals surface area contributed by atoms with E-state index in [1.165, 1.54) is 6.92 Å². The van der Waals surface area contributed by atoms with Crippen LogP contribution in [0.5, 0.6) is 0 Å². The largest absolute Gasteiger partial charge is 0.368 e. The van der Waals surface area contributed by atoms with Crippen LogP contribution in [0.15, 0.2) is 11.1 Å². The zero-order chi connectivity index (χ0) is 15.2. The highest BCUT2D eigenvalue weighted by molar-refractivity contribution is 9.11. The second-order valence-corrected chi connectivity index (χ2v) is 5.73. The van der Waals surface area contributed by atoms with E-state index in [2.05, 4.69) is 33.1 Å². The molecule has 4 N–H and O–H groups in total. The molecular formula is C12H20BrN3O3. The number of carbonyl (C=O) groups excluding carboxylic acids is 3. The number of hydrogen-bond donors (Lipinski definition) is 3. The van der Waals surface area contributed by atoms with Crippen LogP contribution < -0.4 is 16.4 Å². The highest BCUT2D eigenvalue weighted by Gasteiger charge is 2.27. The average molecular weight is 334 g/mol. The van der Waals surface area contributed by atoms with E-state index in [1.54, 1.807) is 13.8 Å². The topological polar surface area (TPSA) is 101 Å². The Morgan fingerprint density at radius 3 is 2.11 bits per heavy atom. The van der Waals surface area contributed by atoms with E-state index in [4.69, 9.17) is 5.73 Å². The highest BCUT2D eigenvalue weighted by atomic mass is 79.9. The second kappa shape index (κ2) is 7.93. The van der Waals surface area contributed by atoms with Crippen molar-refractivity contribution in [2.75, 3.05) is 0 Å². The summed E-state index contributed by atoms with van der Waals surface area (Å²) in [5, 5.41) is 5.06. The van der Waals surface area contributed by atoms with Crippen molar-refractivity contribution in [3.05, 3.63) is 11.1 Å². The van der Waals surface area contributed by atoms with Crippen molar-refractivity contribution in [3.8, 4) is 0 Å². The molecule has 19 heavy (non-hydrogen) atoms. The SMILES string of the molecule is C=C(Br)C[C@H](NC(=O)[C@H](NC(C)=O)C(C)C)C(N)=O. The Morgan fingerprint density at radius 1 is 1.26 bits per heavy atom. The fraction of sp³-hybridized carbons (Fsp3) is 0.583. The van der Waals surface area contributed by atoms with Crippen LogP contribution in [-0.2, 0) is 14.4 Å². The molecule has 0 aromatic heterocycles. The molecule has 0 rings (SSSR count). The predicted molar refractivity (Wildman–Crippen MR) is 76.3 cm³/mol. The van der Waals surface area contributed by atoms with Crippen molar-refractivity contribution in [2.45, 2.75) is 39.3 Å². The van der Waals surface area contributed by atoms with Gasteiger partial charge >= 0.3 is 0 Å². The summed E-state index contributed by atoms with van der Waals surface area (Å²) >= 11 is 3.12. The highest BCUT2D eigenvalue weighted by Crippen LogP contribution is 2.11. The molecule has 3 amide bonds. The van der Waals surface area contributed by atoms with E-state index in [-0.39, 0.29) is 18.2 Å². The summed E-state index contributed by atoms with van der Waals surface area (Å²) in [6, 6.07) is -1.56. The van der Waals surface area contributed by atoms with Crippen LogP contribution in [0.3, 0.4) is 0 Å². The zero-order valence-electron chi connectivity index (χ0n) is 11.3. The van der Waals surface area contributed by atoms with Crippen LogP contribution in [0.2, 0.25) is 0 Å². The maximum atomic E-state index is 12.0. The van der Waals surface area contributed by atoms with Crippen LogP contribution in [0.1, 0.15) is 27.2 Å². The third-order valence-corrected chi connectivity index (χ3v) is 2.72. The third kappa shape index (κ3) is 6.95. The molecule has 0 radical (unpaired) electrons. The van der Waals surface area contributed by atoms with E-state index in [9.17, 15) is 14.4 Å². The van der Waals surface area contributed by atoms with E-state index >= 15 is 0 Å². The van der Waals surface area contributed by atoms with E-state index in [0.29, 0.717) is 4.48 Å². The zero-order valence-corrected chi connectivity index (χ0v) is 12.9. The van der Waals surface area contributed by atoms with Crippen molar-refractivity contribution in [1.29, 1.82) is 0 Å². The number of halogens is 1. The monoisotopic (exact) mass is 333 g/mol. The van der Waals surface area contributed by atoms with Crippen molar-refractivity contribution in [3.63, 3.8) is 0 Å². The number of carbonyl (C=O) groups is 3. The van der Waals surface area contributed by atoms with Crippen molar-refractivity contribution in [1.82, 2.24) is 10.6 Å². The predicted octanol–water partition coefficient (Wildman–Crippen LogP) is 0.416. The quantitative estimate of drug-likeness (QED) is 0.629. The number of nitrogens with two attached hydrogens (primary N) is 1. The van der Waals surface area contributed by atoms with E-state index in [1.807, 2.05) is 0 Å². The molecule has 0 bridgehead atoms. The molecule has 0 aliphatic rings. The van der Waals surface area contributed by atoms with Crippen molar-refractivity contribution in [2.24, 2.45) is 11.7 Å². The molecule has 0 saturated carbocycles. The average Bonchev–Trinajstić information content (AvgIpc) is 2.23. The van der Waals surface area contributed by atoms with Crippen LogP contribution >= 0.6 is 15.9 Å². The van der Waals surface area contributed by atoms with Gasteiger partial charge in [0.15, 0.2) is 0 Å². The first-order chi connectivity index (χ1) is 8.65. The first-order valence-electron chi connectivity index (χ1n) is 5.85. The second-order valence-electron chi connectivity index (χ2n) is 4.61. The minimum atomic E-state index is -0.852. The van der Waals surface area contributed by atoms with Gasteiger partial charge in [-0.1, -0.05) is 36.4 Å². The fourth-order valence-corrected chi connectivity index (χ4v) is 1.78. The van der Waals surface area contributed by atoms with Crippen LogP contribution in [0.25, 0.3) is 0 Å². The molecular weight excluding hydrogens is 314 g/mol. The van der Waals surface area contributed by atoms with Gasteiger partial charge in [-0.05, 0) is 10.4 Å². The lowest BCUT2D eigenvalue weighted by atomic mass is 10.0. The van der Waals surface area contributed by atoms with Gasteiger partial charge in [-0.15, -0.1) is 0 Å². The molecule has 0 aliphatic carbocycles. The lowest BCUT2D eigenvalue weighted by Gasteiger charge is -2.23. The van der Waals surface area contributed by atoms with E-state index < -0.39 is 23.9 Å². The lowest BCUT2D eigenvalue weighted by Crippen LogP contribution is -2.54. The Balaban J connectivity index is 4.80. The van der Waals surface area contributed by atoms with Crippen molar-refractivity contribution < 1.29 is 14.4 Å². The standard InChI is InChI=1S/C12H20BrN3O3/c1-6(2)10(15-8(4)17)12(19)16-9(11(14)18)5-7(3)13/h6,9-10H,3,5H2,1-2,4H3,(H2,14,18)(H,15,17)(H,16,19)/t9-,10+/m0/s1. The number of amides is 3. The minimum Gasteiger partial charge on any atom is -0.368 e. The molecule has 2 atom stereocenters. The van der Waals surface area contributed by atoms with Gasteiger partial charge in [0.05, 0.1) is 0 Å². The van der Waals surface area contributed by atoms with Crippen LogP contribution in [0, 0.1) is 5.92 Å². The number of rotatable bonds is 7. The van der Waals surface area contributed by atoms with Gasteiger partial charge in [0.2, 0.25) is 17.7 Å². The first kappa shape index (κ1) is 17.6. The number of hydrogen-bond acceptors (Lipinski definition) is 3. The summed E-state index contributed by atoms with van der Waals surface area (Å²) < 4.78 is 0.553. The smallest absolute Gasteiger partial charge is 0.243 e. The Labute approximate surface area is 121 Å². The molecule has 0 heterocycles. The normalized spacial score (nSPS) is 13.5.